The third kappa shape index (κ3) is 4.36. The Hall–Kier alpha value is -3.24. The smallest absolute Gasteiger partial charge is 0.276 e. The van der Waals surface area contributed by atoms with Gasteiger partial charge < -0.3 is 10.1 Å². The maximum atomic E-state index is 13.3. The average Bonchev–Trinajstić information content (AvgIpc) is 3.38. The molecule has 0 fully saturated rings. The molecular weight excluding hydrogens is 447 g/mol. The molecule has 0 atom stereocenters. The van der Waals surface area contributed by atoms with E-state index in [-0.39, 0.29) is 22.2 Å². The van der Waals surface area contributed by atoms with Gasteiger partial charge in [-0.15, -0.1) is 0 Å². The summed E-state index contributed by atoms with van der Waals surface area (Å²) in [7, 11) is -0.927. The van der Waals surface area contributed by atoms with Crippen LogP contribution < -0.4 is 10.1 Å². The topological polar surface area (TPSA) is 93.5 Å². The number of hydrogen-bond donors (Lipinski definition) is 1. The summed E-state index contributed by atoms with van der Waals surface area (Å²) in [5.41, 5.74) is 3.04. The number of halogens is 1. The quantitative estimate of drug-likeness (QED) is 0.569. The lowest BCUT2D eigenvalue weighted by Crippen LogP contribution is -2.23. The first-order valence-electron chi connectivity index (χ1n) is 10.6. The Kier molecular flexibility index (Phi) is 6.22. The zero-order valence-corrected chi connectivity index (χ0v) is 19.4. The van der Waals surface area contributed by atoms with Crippen molar-refractivity contribution in [2.45, 2.75) is 31.1 Å². The van der Waals surface area contributed by atoms with E-state index in [0.29, 0.717) is 24.4 Å². The Morgan fingerprint density at radius 3 is 2.58 bits per heavy atom. The van der Waals surface area contributed by atoms with E-state index >= 15 is 0 Å². The van der Waals surface area contributed by atoms with Crippen LogP contribution in [0.4, 0.5) is 10.1 Å². The van der Waals surface area contributed by atoms with Gasteiger partial charge in [0.15, 0.2) is 5.69 Å². The van der Waals surface area contributed by atoms with Gasteiger partial charge in [0.05, 0.1) is 12.3 Å². The van der Waals surface area contributed by atoms with Crippen LogP contribution in [-0.2, 0) is 22.9 Å². The third-order valence-electron chi connectivity index (χ3n) is 5.48. The zero-order chi connectivity index (χ0) is 23.8. The number of ether oxygens (including phenoxy) is 1. The number of fused-ring (bicyclic) bond motifs is 1. The number of aromatic nitrogens is 2. The number of sulfonamides is 1. The van der Waals surface area contributed by atoms with Crippen LogP contribution in [0, 0.1) is 5.82 Å². The number of rotatable bonds is 7. The SMILES string of the molecule is CCOc1ccc(NC(=O)c2nn(-c3ccc(F)cc3)c3c2CCC3)cc1S(=O)(=O)N(C)C. The van der Waals surface area contributed by atoms with Gasteiger partial charge in [-0.25, -0.2) is 21.8 Å². The molecule has 1 amide bonds. The lowest BCUT2D eigenvalue weighted by atomic mass is 10.2. The second kappa shape index (κ2) is 8.95. The van der Waals surface area contributed by atoms with E-state index in [9.17, 15) is 17.6 Å². The minimum Gasteiger partial charge on any atom is -0.492 e. The van der Waals surface area contributed by atoms with Gasteiger partial charge in [-0.3, -0.25) is 4.79 Å². The largest absolute Gasteiger partial charge is 0.492 e. The Morgan fingerprint density at radius 2 is 1.91 bits per heavy atom. The van der Waals surface area contributed by atoms with Crippen LogP contribution in [0.1, 0.15) is 35.1 Å². The summed E-state index contributed by atoms with van der Waals surface area (Å²) < 4.78 is 47.1. The molecule has 0 radical (unpaired) electrons. The summed E-state index contributed by atoms with van der Waals surface area (Å²) >= 11 is 0. The number of nitrogens with one attached hydrogen (secondary N) is 1. The van der Waals surface area contributed by atoms with Crippen molar-refractivity contribution in [3.63, 3.8) is 0 Å². The molecule has 0 bridgehead atoms. The van der Waals surface area contributed by atoms with Crippen molar-refractivity contribution < 1.29 is 22.3 Å². The molecule has 0 saturated heterocycles. The van der Waals surface area contributed by atoms with E-state index in [2.05, 4.69) is 10.4 Å². The normalized spacial score (nSPS) is 13.2. The van der Waals surface area contributed by atoms with Gasteiger partial charge in [-0.05, 0) is 68.7 Å². The molecule has 1 aromatic heterocycles. The summed E-state index contributed by atoms with van der Waals surface area (Å²) in [5.74, 6) is -0.573. The first kappa shape index (κ1) is 22.9. The highest BCUT2D eigenvalue weighted by atomic mass is 32.2. The highest BCUT2D eigenvalue weighted by molar-refractivity contribution is 7.89. The zero-order valence-electron chi connectivity index (χ0n) is 18.6. The number of anilines is 1. The third-order valence-corrected chi connectivity index (χ3v) is 7.31. The minimum absolute atomic E-state index is 0.0331. The van der Waals surface area contributed by atoms with Gasteiger partial charge in [0.25, 0.3) is 5.91 Å². The minimum atomic E-state index is -3.79. The van der Waals surface area contributed by atoms with Crippen molar-refractivity contribution in [1.29, 1.82) is 0 Å². The maximum absolute atomic E-state index is 13.3. The molecule has 1 N–H and O–H groups in total. The van der Waals surface area contributed by atoms with Gasteiger partial charge in [0.2, 0.25) is 10.0 Å². The molecule has 8 nitrogen and oxygen atoms in total. The molecular formula is C23H25FN4O4S. The van der Waals surface area contributed by atoms with Gasteiger partial charge in [0, 0.05) is 31.0 Å². The Morgan fingerprint density at radius 1 is 1.18 bits per heavy atom. The van der Waals surface area contributed by atoms with Gasteiger partial charge in [-0.2, -0.15) is 5.10 Å². The van der Waals surface area contributed by atoms with E-state index in [1.165, 1.54) is 38.4 Å². The fraction of sp³-hybridized carbons (Fsp3) is 0.304. The molecule has 0 saturated carbocycles. The Labute approximate surface area is 192 Å². The van der Waals surface area contributed by atoms with Crippen LogP contribution in [0.5, 0.6) is 5.75 Å². The molecule has 10 heteroatoms. The predicted octanol–water partition coefficient (Wildman–Crippen LogP) is 3.40. The second-order valence-corrected chi connectivity index (χ2v) is 9.97. The Balaban J connectivity index is 1.68. The standard InChI is InChI=1S/C23H25FN4O4S/c1-4-32-20-13-10-16(14-21(20)33(30,31)27(2)3)25-23(29)22-18-6-5-7-19(18)28(26-22)17-11-8-15(24)9-12-17/h8-14H,4-7H2,1-3H3,(H,25,29). The van der Waals surface area contributed by atoms with Crippen molar-refractivity contribution in [1.82, 2.24) is 14.1 Å². The summed E-state index contributed by atoms with van der Waals surface area (Å²) in [4.78, 5) is 13.1. The van der Waals surface area contributed by atoms with Crippen molar-refractivity contribution in [3.8, 4) is 11.4 Å². The molecule has 4 rings (SSSR count). The van der Waals surface area contributed by atoms with Crippen molar-refractivity contribution in [2.24, 2.45) is 0 Å². The molecule has 174 valence electrons. The predicted molar refractivity (Wildman–Crippen MR) is 122 cm³/mol. The number of amides is 1. The Bertz CT molecular complexity index is 1300. The maximum Gasteiger partial charge on any atom is 0.276 e. The first-order valence-corrected chi connectivity index (χ1v) is 12.0. The lowest BCUT2D eigenvalue weighted by Gasteiger charge is -2.16. The van der Waals surface area contributed by atoms with E-state index in [4.69, 9.17) is 4.74 Å². The van der Waals surface area contributed by atoms with Crippen LogP contribution >= 0.6 is 0 Å². The number of carbonyl (C=O) groups excluding carboxylic acids is 1. The van der Waals surface area contributed by atoms with Crippen molar-refractivity contribution in [2.75, 3.05) is 26.0 Å². The highest BCUT2D eigenvalue weighted by Gasteiger charge is 2.28. The molecule has 2 aromatic carbocycles. The summed E-state index contributed by atoms with van der Waals surface area (Å²) in [5, 5.41) is 7.27. The number of carbonyl (C=O) groups is 1. The van der Waals surface area contributed by atoms with Gasteiger partial charge in [0.1, 0.15) is 16.5 Å². The number of benzene rings is 2. The van der Waals surface area contributed by atoms with E-state index in [1.54, 1.807) is 29.8 Å². The average molecular weight is 473 g/mol. The van der Waals surface area contributed by atoms with E-state index in [0.717, 1.165) is 28.4 Å². The van der Waals surface area contributed by atoms with Crippen molar-refractivity contribution in [3.05, 3.63) is 65.2 Å². The lowest BCUT2D eigenvalue weighted by molar-refractivity contribution is 0.102. The van der Waals surface area contributed by atoms with Crippen LogP contribution in [0.25, 0.3) is 5.69 Å². The van der Waals surface area contributed by atoms with Crippen LogP contribution in [-0.4, -0.2) is 49.1 Å². The molecule has 0 unspecified atom stereocenters. The number of hydrogen-bond acceptors (Lipinski definition) is 5. The fourth-order valence-electron chi connectivity index (χ4n) is 3.86. The van der Waals surface area contributed by atoms with Gasteiger partial charge >= 0.3 is 0 Å². The number of nitrogens with zero attached hydrogens (tertiary/aromatic N) is 3. The highest BCUT2D eigenvalue weighted by Crippen LogP contribution is 2.31. The van der Waals surface area contributed by atoms with E-state index in [1.807, 2.05) is 0 Å². The molecule has 0 aliphatic heterocycles. The molecule has 3 aromatic rings. The molecule has 33 heavy (non-hydrogen) atoms. The van der Waals surface area contributed by atoms with E-state index < -0.39 is 15.9 Å². The first-order chi connectivity index (χ1) is 15.7. The molecule has 0 spiro atoms. The molecule has 1 aliphatic rings. The van der Waals surface area contributed by atoms with Crippen LogP contribution in [0.15, 0.2) is 47.4 Å². The second-order valence-electron chi connectivity index (χ2n) is 7.85. The van der Waals surface area contributed by atoms with Crippen LogP contribution in [0.2, 0.25) is 0 Å². The monoisotopic (exact) mass is 472 g/mol. The van der Waals surface area contributed by atoms with Crippen molar-refractivity contribution >= 4 is 21.6 Å². The molecule has 1 heterocycles. The fourth-order valence-corrected chi connectivity index (χ4v) is 4.92. The summed E-state index contributed by atoms with van der Waals surface area (Å²) in [6, 6.07) is 10.4. The molecule has 1 aliphatic carbocycles. The van der Waals surface area contributed by atoms with Gasteiger partial charge in [-0.1, -0.05) is 0 Å². The van der Waals surface area contributed by atoms with Crippen LogP contribution in [0.3, 0.4) is 0 Å². The summed E-state index contributed by atoms with van der Waals surface area (Å²) in [6.45, 7) is 2.06. The summed E-state index contributed by atoms with van der Waals surface area (Å²) in [6.07, 6.45) is 2.37.